The third-order valence-electron chi connectivity index (χ3n) is 8.73. The highest BCUT2D eigenvalue weighted by atomic mass is 14.2. The SMILES string of the molecule is CC(C)(C)c1ccc(-c2ccc(C(C)(C)C)cc2C#Cc2ccc(-c3ccccc3)cc2)c(C#Cc2ccc(-c3ccccc3)cc2)c1. The Morgan fingerprint density at radius 2 is 0.667 bits per heavy atom. The summed E-state index contributed by atoms with van der Waals surface area (Å²) in [5.41, 5.74) is 13.5. The van der Waals surface area contributed by atoms with Crippen LogP contribution < -0.4 is 0 Å². The van der Waals surface area contributed by atoms with Gasteiger partial charge in [-0.25, -0.2) is 0 Å². The molecule has 48 heavy (non-hydrogen) atoms. The van der Waals surface area contributed by atoms with E-state index >= 15 is 0 Å². The Morgan fingerprint density at radius 1 is 0.333 bits per heavy atom. The standard InChI is InChI=1S/C48H42/c1-47(2,3)43-29-31-45(41(33-43)27-21-35-17-23-39(24-18-35)37-13-9-7-10-14-37)46-32-30-44(48(4,5)6)34-42(46)28-22-36-19-25-40(26-20-36)38-15-11-8-12-16-38/h7-20,23-26,29-34H,1-6H3. The van der Waals surface area contributed by atoms with Crippen LogP contribution in [0.5, 0.6) is 0 Å². The van der Waals surface area contributed by atoms with Gasteiger partial charge >= 0.3 is 0 Å². The average molecular weight is 619 g/mol. The molecular formula is C48H42. The van der Waals surface area contributed by atoms with E-state index in [4.69, 9.17) is 0 Å². The molecule has 0 heterocycles. The first kappa shape index (κ1) is 32.4. The summed E-state index contributed by atoms with van der Waals surface area (Å²) in [5.74, 6) is 14.1. The van der Waals surface area contributed by atoms with Gasteiger partial charge in [0.05, 0.1) is 0 Å². The van der Waals surface area contributed by atoms with E-state index in [2.05, 4.69) is 199 Å². The fourth-order valence-corrected chi connectivity index (χ4v) is 5.73. The lowest BCUT2D eigenvalue weighted by molar-refractivity contribution is 0.589. The summed E-state index contributed by atoms with van der Waals surface area (Å²) >= 11 is 0. The van der Waals surface area contributed by atoms with Crippen LogP contribution in [0.15, 0.2) is 146 Å². The summed E-state index contributed by atoms with van der Waals surface area (Å²) in [6, 6.07) is 51.4. The molecule has 0 nitrogen and oxygen atoms in total. The second-order valence-corrected chi connectivity index (χ2v) is 14.4. The summed E-state index contributed by atoms with van der Waals surface area (Å²) in [5, 5.41) is 0. The van der Waals surface area contributed by atoms with Crippen molar-refractivity contribution in [3.05, 3.63) is 179 Å². The molecular weight excluding hydrogens is 577 g/mol. The Morgan fingerprint density at radius 3 is 1.00 bits per heavy atom. The third-order valence-corrected chi connectivity index (χ3v) is 8.73. The van der Waals surface area contributed by atoms with Crippen LogP contribution in [0.1, 0.15) is 74.9 Å². The van der Waals surface area contributed by atoms with Crippen molar-refractivity contribution in [2.45, 2.75) is 52.4 Å². The molecule has 6 aromatic carbocycles. The van der Waals surface area contributed by atoms with Gasteiger partial charge in [-0.15, -0.1) is 0 Å². The van der Waals surface area contributed by atoms with Gasteiger partial charge in [0, 0.05) is 22.3 Å². The average Bonchev–Trinajstić information content (AvgIpc) is 3.10. The molecule has 0 aromatic heterocycles. The van der Waals surface area contributed by atoms with E-state index in [0.717, 1.165) is 33.4 Å². The molecule has 6 aromatic rings. The first-order chi connectivity index (χ1) is 23.0. The van der Waals surface area contributed by atoms with Gasteiger partial charge in [0.1, 0.15) is 0 Å². The molecule has 0 spiro atoms. The van der Waals surface area contributed by atoms with Crippen LogP contribution in [0.3, 0.4) is 0 Å². The predicted octanol–water partition coefficient (Wildman–Crippen LogP) is 12.1. The van der Waals surface area contributed by atoms with Gasteiger partial charge in [-0.1, -0.05) is 174 Å². The van der Waals surface area contributed by atoms with Crippen molar-refractivity contribution >= 4 is 0 Å². The topological polar surface area (TPSA) is 0 Å². The van der Waals surface area contributed by atoms with Gasteiger partial charge in [-0.3, -0.25) is 0 Å². The molecule has 234 valence electrons. The number of hydrogen-bond acceptors (Lipinski definition) is 0. The zero-order valence-electron chi connectivity index (χ0n) is 28.9. The zero-order chi connectivity index (χ0) is 33.7. The summed E-state index contributed by atoms with van der Waals surface area (Å²) in [6.07, 6.45) is 0. The maximum atomic E-state index is 3.57. The van der Waals surface area contributed by atoms with Crippen molar-refractivity contribution in [1.29, 1.82) is 0 Å². The molecule has 0 heteroatoms. The highest BCUT2D eigenvalue weighted by molar-refractivity contribution is 5.78. The minimum absolute atomic E-state index is 0.00304. The fraction of sp³-hybridized carbons (Fsp3) is 0.167. The van der Waals surface area contributed by atoms with E-state index in [1.807, 2.05) is 12.1 Å². The van der Waals surface area contributed by atoms with E-state index < -0.39 is 0 Å². The summed E-state index contributed by atoms with van der Waals surface area (Å²) in [4.78, 5) is 0. The van der Waals surface area contributed by atoms with Gasteiger partial charge in [-0.2, -0.15) is 0 Å². The highest BCUT2D eigenvalue weighted by Crippen LogP contribution is 2.34. The van der Waals surface area contributed by atoms with Crippen LogP contribution >= 0.6 is 0 Å². The van der Waals surface area contributed by atoms with Crippen molar-refractivity contribution in [3.8, 4) is 57.1 Å². The maximum absolute atomic E-state index is 3.57. The van der Waals surface area contributed by atoms with Crippen LogP contribution in [-0.4, -0.2) is 0 Å². The molecule has 0 aliphatic carbocycles. The quantitative estimate of drug-likeness (QED) is 0.173. The number of rotatable bonds is 3. The first-order valence-corrected chi connectivity index (χ1v) is 16.7. The number of hydrogen-bond donors (Lipinski definition) is 0. The van der Waals surface area contributed by atoms with Crippen molar-refractivity contribution in [1.82, 2.24) is 0 Å². The molecule has 0 radical (unpaired) electrons. The monoisotopic (exact) mass is 618 g/mol. The van der Waals surface area contributed by atoms with Gasteiger partial charge in [0.15, 0.2) is 0 Å². The van der Waals surface area contributed by atoms with Crippen LogP contribution in [0.25, 0.3) is 33.4 Å². The van der Waals surface area contributed by atoms with Gasteiger partial charge in [-0.05, 0) is 91.7 Å². The Kier molecular flexibility index (Phi) is 9.21. The zero-order valence-corrected chi connectivity index (χ0v) is 28.9. The van der Waals surface area contributed by atoms with Crippen LogP contribution in [0.2, 0.25) is 0 Å². The highest BCUT2D eigenvalue weighted by Gasteiger charge is 2.19. The molecule has 0 unspecified atom stereocenters. The molecule has 0 aliphatic rings. The lowest BCUT2D eigenvalue weighted by Gasteiger charge is -2.22. The van der Waals surface area contributed by atoms with E-state index in [1.54, 1.807) is 0 Å². The minimum Gasteiger partial charge on any atom is -0.0622 e. The van der Waals surface area contributed by atoms with Crippen molar-refractivity contribution in [3.63, 3.8) is 0 Å². The maximum Gasteiger partial charge on any atom is 0.0330 e. The molecule has 0 fully saturated rings. The predicted molar refractivity (Wildman–Crippen MR) is 205 cm³/mol. The third kappa shape index (κ3) is 7.69. The largest absolute Gasteiger partial charge is 0.0622 e. The second-order valence-electron chi connectivity index (χ2n) is 14.4. The van der Waals surface area contributed by atoms with Crippen LogP contribution in [0, 0.1) is 23.7 Å². The smallest absolute Gasteiger partial charge is 0.0330 e. The molecule has 6 rings (SSSR count). The van der Waals surface area contributed by atoms with Crippen LogP contribution in [-0.2, 0) is 10.8 Å². The van der Waals surface area contributed by atoms with Crippen LogP contribution in [0.4, 0.5) is 0 Å². The van der Waals surface area contributed by atoms with Gasteiger partial charge in [0.2, 0.25) is 0 Å². The Bertz CT molecular complexity index is 1980. The summed E-state index contributed by atoms with van der Waals surface area (Å²) in [6.45, 7) is 13.5. The molecule has 0 aliphatic heterocycles. The molecule has 0 N–H and O–H groups in total. The Balaban J connectivity index is 1.42. The molecule has 0 bridgehead atoms. The Labute approximate surface area is 287 Å². The molecule has 0 atom stereocenters. The van der Waals surface area contributed by atoms with E-state index in [-0.39, 0.29) is 10.8 Å². The van der Waals surface area contributed by atoms with E-state index in [1.165, 1.54) is 33.4 Å². The van der Waals surface area contributed by atoms with Crippen molar-refractivity contribution < 1.29 is 0 Å². The number of benzene rings is 6. The molecule has 0 saturated carbocycles. The normalized spacial score (nSPS) is 11.2. The van der Waals surface area contributed by atoms with Gasteiger partial charge < -0.3 is 0 Å². The first-order valence-electron chi connectivity index (χ1n) is 16.7. The van der Waals surface area contributed by atoms with Crippen molar-refractivity contribution in [2.75, 3.05) is 0 Å². The molecule has 0 amide bonds. The second kappa shape index (κ2) is 13.7. The lowest BCUT2D eigenvalue weighted by atomic mass is 9.82. The van der Waals surface area contributed by atoms with Crippen molar-refractivity contribution in [2.24, 2.45) is 0 Å². The summed E-state index contributed by atoms with van der Waals surface area (Å²) < 4.78 is 0. The molecule has 0 saturated heterocycles. The summed E-state index contributed by atoms with van der Waals surface area (Å²) in [7, 11) is 0. The van der Waals surface area contributed by atoms with E-state index in [0.29, 0.717) is 0 Å². The van der Waals surface area contributed by atoms with Gasteiger partial charge in [0.25, 0.3) is 0 Å². The lowest BCUT2D eigenvalue weighted by Crippen LogP contribution is -2.12. The minimum atomic E-state index is -0.00304. The fourth-order valence-electron chi connectivity index (χ4n) is 5.73. The van der Waals surface area contributed by atoms with E-state index in [9.17, 15) is 0 Å². The Hall–Kier alpha value is -5.56.